The molecule has 0 nitrogen and oxygen atoms in total. The zero-order valence-electron chi connectivity index (χ0n) is 26.3. The van der Waals surface area contributed by atoms with Crippen molar-refractivity contribution in [2.24, 2.45) is 0 Å². The molecule has 7 aromatic rings. The lowest BCUT2D eigenvalue weighted by atomic mass is 9.83. The summed E-state index contributed by atoms with van der Waals surface area (Å²) in [6.45, 7) is 4.43. The SMILES string of the molecule is Cc1ccccc1-c1cc(-c2ccc3c4c(cccc24)-c2c-3c(-c3ccccc3)c3c(c2-c2ccccc2)=CCCC=3)ccc1C. The van der Waals surface area contributed by atoms with Gasteiger partial charge in [0.2, 0.25) is 0 Å². The quantitative estimate of drug-likeness (QED) is 0.192. The van der Waals surface area contributed by atoms with E-state index in [2.05, 4.69) is 159 Å². The van der Waals surface area contributed by atoms with Gasteiger partial charge in [-0.2, -0.15) is 0 Å². The lowest BCUT2D eigenvalue weighted by Gasteiger charge is -2.20. The first-order chi connectivity index (χ1) is 22.7. The highest BCUT2D eigenvalue weighted by Gasteiger charge is 2.30. The van der Waals surface area contributed by atoms with Crippen molar-refractivity contribution < 1.29 is 0 Å². The van der Waals surface area contributed by atoms with Gasteiger partial charge in [0.1, 0.15) is 0 Å². The average Bonchev–Trinajstić information content (AvgIpc) is 3.44. The van der Waals surface area contributed by atoms with E-state index in [-0.39, 0.29) is 0 Å². The van der Waals surface area contributed by atoms with Gasteiger partial charge in [-0.15, -0.1) is 0 Å². The molecule has 0 heterocycles. The van der Waals surface area contributed by atoms with E-state index in [1.807, 2.05) is 0 Å². The topological polar surface area (TPSA) is 0 Å². The second kappa shape index (κ2) is 10.6. The van der Waals surface area contributed by atoms with E-state index >= 15 is 0 Å². The lowest BCUT2D eigenvalue weighted by molar-refractivity contribution is 1.12. The molecule has 0 aliphatic heterocycles. The third kappa shape index (κ3) is 4.00. The number of benzene rings is 7. The molecule has 0 amide bonds. The molecule has 0 bridgehead atoms. The van der Waals surface area contributed by atoms with Gasteiger partial charge in [-0.3, -0.25) is 0 Å². The zero-order chi connectivity index (χ0) is 30.8. The largest absolute Gasteiger partial charge is 0.0757 e. The van der Waals surface area contributed by atoms with Crippen LogP contribution in [0.1, 0.15) is 24.0 Å². The standard InChI is InChI=1S/C46H34/c1-29-14-9-10-19-34(29)41-28-33(25-24-30(41)2)35-26-27-40-44-36(35)22-13-23-39(44)45-42(31-15-5-3-6-16-31)37-20-11-12-21-38(37)43(46(40)45)32-17-7-4-8-18-32/h3-10,13-28H,11-12H2,1-2H3. The summed E-state index contributed by atoms with van der Waals surface area (Å²) in [6.07, 6.45) is 7.10. The molecule has 0 unspecified atom stereocenters. The predicted octanol–water partition coefficient (Wildman–Crippen LogP) is 11.1. The number of hydrogen-bond donors (Lipinski definition) is 0. The fourth-order valence-electron chi connectivity index (χ4n) is 8.05. The van der Waals surface area contributed by atoms with E-state index in [0.717, 1.165) is 12.8 Å². The van der Waals surface area contributed by atoms with Crippen molar-refractivity contribution in [2.75, 3.05) is 0 Å². The molecule has 7 aromatic carbocycles. The highest BCUT2D eigenvalue weighted by Crippen LogP contribution is 2.54. The molecule has 0 heteroatoms. The van der Waals surface area contributed by atoms with Crippen LogP contribution >= 0.6 is 0 Å². The van der Waals surface area contributed by atoms with Crippen LogP contribution in [0, 0.1) is 13.8 Å². The highest BCUT2D eigenvalue weighted by atomic mass is 14.3. The van der Waals surface area contributed by atoms with Crippen LogP contribution in [-0.2, 0) is 0 Å². The Morgan fingerprint density at radius 3 is 1.57 bits per heavy atom. The molecule has 0 fully saturated rings. The van der Waals surface area contributed by atoms with Crippen molar-refractivity contribution in [3.8, 4) is 66.8 Å². The number of fused-ring (bicyclic) bond motifs is 4. The third-order valence-corrected chi connectivity index (χ3v) is 10.1. The fourth-order valence-corrected chi connectivity index (χ4v) is 8.05. The molecule has 9 rings (SSSR count). The molecule has 2 aliphatic carbocycles. The average molecular weight is 587 g/mol. The molecule has 2 aliphatic rings. The van der Waals surface area contributed by atoms with Crippen molar-refractivity contribution in [1.29, 1.82) is 0 Å². The Morgan fingerprint density at radius 2 is 0.913 bits per heavy atom. The van der Waals surface area contributed by atoms with Crippen LogP contribution in [0.2, 0.25) is 0 Å². The van der Waals surface area contributed by atoms with Crippen LogP contribution < -0.4 is 10.4 Å². The van der Waals surface area contributed by atoms with Gasteiger partial charge in [0.05, 0.1) is 0 Å². The molecule has 0 aromatic heterocycles. The second-order valence-corrected chi connectivity index (χ2v) is 12.8. The van der Waals surface area contributed by atoms with Crippen molar-refractivity contribution in [2.45, 2.75) is 26.7 Å². The first kappa shape index (κ1) is 26.9. The summed E-state index contributed by atoms with van der Waals surface area (Å²) in [4.78, 5) is 0. The van der Waals surface area contributed by atoms with E-state index < -0.39 is 0 Å². The highest BCUT2D eigenvalue weighted by molar-refractivity contribution is 6.23. The minimum Gasteiger partial charge on any atom is -0.0757 e. The predicted molar refractivity (Wildman–Crippen MR) is 197 cm³/mol. The monoisotopic (exact) mass is 586 g/mol. The second-order valence-electron chi connectivity index (χ2n) is 12.8. The van der Waals surface area contributed by atoms with E-state index in [9.17, 15) is 0 Å². The maximum absolute atomic E-state index is 2.48. The summed E-state index contributed by atoms with van der Waals surface area (Å²) < 4.78 is 0. The number of aryl methyl sites for hydroxylation is 2. The lowest BCUT2D eigenvalue weighted by Crippen LogP contribution is -2.32. The van der Waals surface area contributed by atoms with Gasteiger partial charge >= 0.3 is 0 Å². The maximum atomic E-state index is 2.48. The summed E-state index contributed by atoms with van der Waals surface area (Å²) in [5.41, 5.74) is 18.5. The Morgan fingerprint density at radius 1 is 0.370 bits per heavy atom. The van der Waals surface area contributed by atoms with Crippen molar-refractivity contribution in [3.63, 3.8) is 0 Å². The normalized spacial score (nSPS) is 12.7. The van der Waals surface area contributed by atoms with Gasteiger partial charge in [-0.25, -0.2) is 0 Å². The van der Waals surface area contributed by atoms with E-state index in [1.165, 1.54) is 99.1 Å². The van der Waals surface area contributed by atoms with E-state index in [0.29, 0.717) is 0 Å². The first-order valence-corrected chi connectivity index (χ1v) is 16.4. The van der Waals surface area contributed by atoms with Crippen molar-refractivity contribution >= 4 is 22.9 Å². The Bertz CT molecular complexity index is 2370. The Kier molecular flexibility index (Phi) is 6.18. The molecule has 0 spiro atoms. The molecule has 218 valence electrons. The Balaban J connectivity index is 1.38. The van der Waals surface area contributed by atoms with Gasteiger partial charge < -0.3 is 0 Å². The molecular formula is C46H34. The zero-order valence-corrected chi connectivity index (χ0v) is 26.3. The minimum atomic E-state index is 1.07. The third-order valence-electron chi connectivity index (χ3n) is 10.1. The van der Waals surface area contributed by atoms with Crippen LogP contribution in [0.4, 0.5) is 0 Å². The Hall–Kier alpha value is -5.46. The summed E-state index contributed by atoms with van der Waals surface area (Å²) in [5.74, 6) is 0. The minimum absolute atomic E-state index is 1.07. The first-order valence-electron chi connectivity index (χ1n) is 16.4. The van der Waals surface area contributed by atoms with E-state index in [4.69, 9.17) is 0 Å². The van der Waals surface area contributed by atoms with E-state index in [1.54, 1.807) is 0 Å². The van der Waals surface area contributed by atoms with Crippen LogP contribution in [0.15, 0.2) is 133 Å². The van der Waals surface area contributed by atoms with Crippen molar-refractivity contribution in [1.82, 2.24) is 0 Å². The van der Waals surface area contributed by atoms with Crippen LogP contribution in [0.25, 0.3) is 89.7 Å². The maximum Gasteiger partial charge on any atom is -0.000753 e. The van der Waals surface area contributed by atoms with Gasteiger partial charge in [0.15, 0.2) is 0 Å². The molecule has 0 atom stereocenters. The molecular weight excluding hydrogens is 553 g/mol. The molecule has 0 saturated carbocycles. The molecule has 0 N–H and O–H groups in total. The smallest absolute Gasteiger partial charge is 0.000753 e. The molecule has 46 heavy (non-hydrogen) atoms. The number of hydrogen-bond acceptors (Lipinski definition) is 0. The van der Waals surface area contributed by atoms with Crippen LogP contribution in [0.3, 0.4) is 0 Å². The molecule has 0 saturated heterocycles. The van der Waals surface area contributed by atoms with Crippen molar-refractivity contribution in [3.05, 3.63) is 155 Å². The van der Waals surface area contributed by atoms with Gasteiger partial charge in [0.25, 0.3) is 0 Å². The summed E-state index contributed by atoms with van der Waals surface area (Å²) in [7, 11) is 0. The Labute approximate surface area is 270 Å². The number of rotatable bonds is 4. The van der Waals surface area contributed by atoms with Gasteiger partial charge in [-0.05, 0) is 132 Å². The van der Waals surface area contributed by atoms with Crippen LogP contribution in [-0.4, -0.2) is 0 Å². The fraction of sp³-hybridized carbons (Fsp3) is 0.0870. The summed E-state index contributed by atoms with van der Waals surface area (Å²) in [6, 6.07) is 49.5. The van der Waals surface area contributed by atoms with Crippen LogP contribution in [0.5, 0.6) is 0 Å². The van der Waals surface area contributed by atoms with Gasteiger partial charge in [-0.1, -0.05) is 140 Å². The summed E-state index contributed by atoms with van der Waals surface area (Å²) in [5, 5.41) is 5.43. The summed E-state index contributed by atoms with van der Waals surface area (Å²) >= 11 is 0. The molecule has 0 radical (unpaired) electrons. The van der Waals surface area contributed by atoms with Gasteiger partial charge in [0, 0.05) is 0 Å².